The highest BCUT2D eigenvalue weighted by Crippen LogP contribution is 2.32. The Morgan fingerprint density at radius 2 is 1.86 bits per heavy atom. The van der Waals surface area contributed by atoms with Gasteiger partial charge in [-0.05, 0) is 30.7 Å². The van der Waals surface area contributed by atoms with Gasteiger partial charge in [0.05, 0.1) is 5.56 Å². The number of hydrogen-bond donors (Lipinski definition) is 1. The molecule has 78 valence electrons. The minimum atomic E-state index is -4.38. The minimum Gasteiger partial charge on any atom is -0.324 e. The lowest BCUT2D eigenvalue weighted by Gasteiger charge is -2.11. The Morgan fingerprint density at radius 1 is 1.29 bits per heavy atom. The molecule has 14 heavy (non-hydrogen) atoms. The molecule has 0 spiro atoms. The Balaban J connectivity index is 3.21. The topological polar surface area (TPSA) is 26.0 Å². The van der Waals surface area contributed by atoms with Gasteiger partial charge >= 0.3 is 6.18 Å². The van der Waals surface area contributed by atoms with Gasteiger partial charge in [0.1, 0.15) is 0 Å². The molecule has 0 aliphatic carbocycles. The summed E-state index contributed by atoms with van der Waals surface area (Å²) in [5.41, 5.74) is 5.08. The van der Waals surface area contributed by atoms with Gasteiger partial charge in [-0.3, -0.25) is 0 Å². The van der Waals surface area contributed by atoms with Crippen LogP contribution in [-0.2, 0) is 6.18 Å². The molecule has 0 aliphatic rings. The molecule has 1 nitrogen and oxygen atoms in total. The van der Waals surface area contributed by atoms with Crippen LogP contribution in [0.4, 0.5) is 13.2 Å². The fourth-order valence-corrected chi connectivity index (χ4v) is 1.28. The summed E-state index contributed by atoms with van der Waals surface area (Å²) in [6, 6.07) is 2.86. The Kier molecular flexibility index (Phi) is 3.07. The van der Waals surface area contributed by atoms with Gasteiger partial charge in [0.25, 0.3) is 0 Å². The Morgan fingerprint density at radius 3 is 2.29 bits per heavy atom. The van der Waals surface area contributed by atoms with Crippen molar-refractivity contribution in [1.82, 2.24) is 0 Å². The molecule has 5 heteroatoms. The van der Waals surface area contributed by atoms with Gasteiger partial charge in [-0.1, -0.05) is 11.6 Å². The zero-order chi connectivity index (χ0) is 10.9. The Bertz CT molecular complexity index is 333. The molecule has 0 saturated heterocycles. The van der Waals surface area contributed by atoms with Crippen molar-refractivity contribution < 1.29 is 13.2 Å². The average molecular weight is 224 g/mol. The van der Waals surface area contributed by atoms with E-state index in [9.17, 15) is 13.2 Å². The van der Waals surface area contributed by atoms with Crippen molar-refractivity contribution in [2.24, 2.45) is 5.73 Å². The van der Waals surface area contributed by atoms with Gasteiger partial charge in [0.2, 0.25) is 0 Å². The monoisotopic (exact) mass is 223 g/mol. The van der Waals surface area contributed by atoms with Crippen LogP contribution in [0.2, 0.25) is 5.02 Å². The molecular formula is C9H9ClF3N. The molecule has 0 bridgehead atoms. The molecule has 2 N–H and O–H groups in total. The summed E-state index contributed by atoms with van der Waals surface area (Å²) in [6.07, 6.45) is -4.38. The second-order valence-corrected chi connectivity index (χ2v) is 3.50. The highest BCUT2D eigenvalue weighted by molar-refractivity contribution is 6.30. The summed E-state index contributed by atoms with van der Waals surface area (Å²) in [7, 11) is 0. The molecule has 0 fully saturated rings. The molecule has 0 aromatic heterocycles. The fourth-order valence-electron chi connectivity index (χ4n) is 1.04. The standard InChI is InChI=1S/C9H9ClF3N/c1-5(14)6-2-7(9(11,12)13)4-8(10)3-6/h2-5H,14H2,1H3. The Labute approximate surface area is 84.7 Å². The maximum absolute atomic E-state index is 12.3. The van der Waals surface area contributed by atoms with Crippen LogP contribution in [0.15, 0.2) is 18.2 Å². The first-order chi connectivity index (χ1) is 6.30. The predicted molar refractivity (Wildman–Crippen MR) is 49.1 cm³/mol. The first-order valence-corrected chi connectivity index (χ1v) is 4.32. The highest BCUT2D eigenvalue weighted by Gasteiger charge is 2.31. The van der Waals surface area contributed by atoms with Gasteiger partial charge in [-0.2, -0.15) is 13.2 Å². The molecule has 1 rings (SSSR count). The van der Waals surface area contributed by atoms with E-state index >= 15 is 0 Å². The third-order valence-corrected chi connectivity index (χ3v) is 1.99. The average Bonchev–Trinajstić information content (AvgIpc) is 2.01. The number of nitrogens with two attached hydrogens (primary N) is 1. The van der Waals surface area contributed by atoms with E-state index in [1.807, 2.05) is 0 Å². The molecule has 1 unspecified atom stereocenters. The second kappa shape index (κ2) is 3.79. The summed E-state index contributed by atoms with van der Waals surface area (Å²) < 4.78 is 36.9. The van der Waals surface area contributed by atoms with Gasteiger partial charge in [0, 0.05) is 11.1 Å². The van der Waals surface area contributed by atoms with E-state index in [1.54, 1.807) is 6.92 Å². The smallest absolute Gasteiger partial charge is 0.324 e. The lowest BCUT2D eigenvalue weighted by molar-refractivity contribution is -0.137. The zero-order valence-electron chi connectivity index (χ0n) is 7.40. The molecule has 1 aromatic rings. The molecule has 0 saturated carbocycles. The third kappa shape index (κ3) is 2.62. The van der Waals surface area contributed by atoms with E-state index in [4.69, 9.17) is 17.3 Å². The largest absolute Gasteiger partial charge is 0.416 e. The van der Waals surface area contributed by atoms with Gasteiger partial charge in [0.15, 0.2) is 0 Å². The van der Waals surface area contributed by atoms with Crippen molar-refractivity contribution in [3.8, 4) is 0 Å². The van der Waals surface area contributed by atoms with Crippen LogP contribution < -0.4 is 5.73 Å². The quantitative estimate of drug-likeness (QED) is 0.776. The lowest BCUT2D eigenvalue weighted by Crippen LogP contribution is -2.09. The lowest BCUT2D eigenvalue weighted by atomic mass is 10.1. The normalized spacial score (nSPS) is 14.1. The molecule has 1 aromatic carbocycles. The van der Waals surface area contributed by atoms with E-state index in [2.05, 4.69) is 0 Å². The Hall–Kier alpha value is -0.740. The van der Waals surface area contributed by atoms with Crippen LogP contribution >= 0.6 is 11.6 Å². The fraction of sp³-hybridized carbons (Fsp3) is 0.333. The summed E-state index contributed by atoms with van der Waals surface area (Å²) in [5.74, 6) is 0. The number of hydrogen-bond acceptors (Lipinski definition) is 1. The predicted octanol–water partition coefficient (Wildman–Crippen LogP) is 3.38. The molecule has 0 radical (unpaired) electrons. The number of rotatable bonds is 1. The van der Waals surface area contributed by atoms with Crippen LogP contribution in [0.3, 0.4) is 0 Å². The van der Waals surface area contributed by atoms with Crippen molar-refractivity contribution in [3.05, 3.63) is 34.3 Å². The number of benzene rings is 1. The van der Waals surface area contributed by atoms with E-state index in [1.165, 1.54) is 6.07 Å². The van der Waals surface area contributed by atoms with Crippen LogP contribution in [0.5, 0.6) is 0 Å². The van der Waals surface area contributed by atoms with E-state index in [-0.39, 0.29) is 5.02 Å². The summed E-state index contributed by atoms with van der Waals surface area (Å²) >= 11 is 5.54. The SMILES string of the molecule is CC(N)c1cc(Cl)cc(C(F)(F)F)c1. The van der Waals surface area contributed by atoms with Gasteiger partial charge in [-0.15, -0.1) is 0 Å². The molecule has 0 aliphatic heterocycles. The summed E-state index contributed by atoms with van der Waals surface area (Å²) in [4.78, 5) is 0. The van der Waals surface area contributed by atoms with E-state index < -0.39 is 17.8 Å². The molecule has 0 amide bonds. The number of halogens is 4. The van der Waals surface area contributed by atoms with Crippen LogP contribution in [-0.4, -0.2) is 0 Å². The third-order valence-electron chi connectivity index (χ3n) is 1.77. The first-order valence-electron chi connectivity index (χ1n) is 3.94. The summed E-state index contributed by atoms with van der Waals surface area (Å²) in [6.45, 7) is 1.60. The molecule has 1 atom stereocenters. The highest BCUT2D eigenvalue weighted by atomic mass is 35.5. The molecular weight excluding hydrogens is 215 g/mol. The van der Waals surface area contributed by atoms with E-state index in [0.29, 0.717) is 5.56 Å². The van der Waals surface area contributed by atoms with Crippen LogP contribution in [0.25, 0.3) is 0 Å². The maximum Gasteiger partial charge on any atom is 0.416 e. The van der Waals surface area contributed by atoms with Crippen LogP contribution in [0, 0.1) is 0 Å². The summed E-state index contributed by atoms with van der Waals surface area (Å²) in [5, 5.41) is 0.0483. The van der Waals surface area contributed by atoms with Crippen LogP contribution in [0.1, 0.15) is 24.1 Å². The minimum absolute atomic E-state index is 0.0483. The van der Waals surface area contributed by atoms with Gasteiger partial charge in [-0.25, -0.2) is 0 Å². The zero-order valence-corrected chi connectivity index (χ0v) is 8.15. The molecule has 0 heterocycles. The number of alkyl halides is 3. The first kappa shape index (κ1) is 11.3. The van der Waals surface area contributed by atoms with E-state index in [0.717, 1.165) is 12.1 Å². The van der Waals surface area contributed by atoms with Crippen molar-refractivity contribution in [2.45, 2.75) is 19.1 Å². The van der Waals surface area contributed by atoms with Crippen molar-refractivity contribution in [1.29, 1.82) is 0 Å². The maximum atomic E-state index is 12.3. The van der Waals surface area contributed by atoms with Crippen molar-refractivity contribution in [3.63, 3.8) is 0 Å². The van der Waals surface area contributed by atoms with Gasteiger partial charge < -0.3 is 5.73 Å². The van der Waals surface area contributed by atoms with Crippen molar-refractivity contribution in [2.75, 3.05) is 0 Å². The van der Waals surface area contributed by atoms with Crippen molar-refractivity contribution >= 4 is 11.6 Å². The second-order valence-electron chi connectivity index (χ2n) is 3.06.